The van der Waals surface area contributed by atoms with Crippen molar-refractivity contribution in [2.24, 2.45) is 5.92 Å². The Kier molecular flexibility index (Phi) is 3.52. The summed E-state index contributed by atoms with van der Waals surface area (Å²) in [7, 11) is 0. The van der Waals surface area contributed by atoms with Crippen molar-refractivity contribution < 1.29 is 0 Å². The number of imidazole rings is 1. The van der Waals surface area contributed by atoms with Crippen molar-refractivity contribution >= 4 is 0 Å². The number of hydrogen-bond donors (Lipinski definition) is 1. The van der Waals surface area contributed by atoms with Gasteiger partial charge in [0.25, 0.3) is 0 Å². The maximum absolute atomic E-state index is 4.41. The molecule has 2 heterocycles. The molecule has 1 N–H and O–H groups in total. The highest BCUT2D eigenvalue weighted by Crippen LogP contribution is 2.22. The van der Waals surface area contributed by atoms with Crippen LogP contribution in [0.15, 0.2) is 36.7 Å². The second kappa shape index (κ2) is 5.64. The number of rotatable bonds is 3. The summed E-state index contributed by atoms with van der Waals surface area (Å²) in [6.07, 6.45) is 10.2. The standard InChI is InChI=1S/C18H23N3/c1-2-4-16-11-17(7-6-15(16)3-1)20-12-14-5-8-18-19-9-10-21(18)13-14/h1-4,9-10,14,17,20H,5-8,11-13H2/t14-,17+/m0/s1. The minimum Gasteiger partial charge on any atom is -0.335 e. The van der Waals surface area contributed by atoms with E-state index in [4.69, 9.17) is 0 Å². The molecule has 3 heteroatoms. The third-order valence-electron chi connectivity index (χ3n) is 5.07. The zero-order chi connectivity index (χ0) is 14.1. The second-order valence-electron chi connectivity index (χ2n) is 6.52. The Hall–Kier alpha value is -1.61. The average molecular weight is 281 g/mol. The number of fused-ring (bicyclic) bond motifs is 2. The van der Waals surface area contributed by atoms with E-state index in [9.17, 15) is 0 Å². The van der Waals surface area contributed by atoms with Crippen LogP contribution in [0.4, 0.5) is 0 Å². The smallest absolute Gasteiger partial charge is 0.108 e. The molecule has 0 spiro atoms. The summed E-state index contributed by atoms with van der Waals surface area (Å²) in [5.74, 6) is 2.02. The maximum atomic E-state index is 4.41. The lowest BCUT2D eigenvalue weighted by Gasteiger charge is -2.29. The Morgan fingerprint density at radius 1 is 1.14 bits per heavy atom. The van der Waals surface area contributed by atoms with Crippen molar-refractivity contribution in [1.82, 2.24) is 14.9 Å². The molecule has 2 aliphatic rings. The van der Waals surface area contributed by atoms with Crippen LogP contribution in [0.2, 0.25) is 0 Å². The van der Waals surface area contributed by atoms with Crippen molar-refractivity contribution in [2.45, 2.75) is 44.7 Å². The van der Waals surface area contributed by atoms with Gasteiger partial charge in [-0.3, -0.25) is 0 Å². The fourth-order valence-corrected chi connectivity index (χ4v) is 3.81. The molecule has 0 bridgehead atoms. The van der Waals surface area contributed by atoms with Gasteiger partial charge in [0.15, 0.2) is 0 Å². The third-order valence-corrected chi connectivity index (χ3v) is 5.07. The van der Waals surface area contributed by atoms with E-state index < -0.39 is 0 Å². The van der Waals surface area contributed by atoms with Crippen molar-refractivity contribution in [3.05, 3.63) is 53.6 Å². The highest BCUT2D eigenvalue weighted by Gasteiger charge is 2.22. The summed E-state index contributed by atoms with van der Waals surface area (Å²) < 4.78 is 2.33. The summed E-state index contributed by atoms with van der Waals surface area (Å²) in [6.45, 7) is 2.27. The highest BCUT2D eigenvalue weighted by molar-refractivity contribution is 5.30. The first kappa shape index (κ1) is 13.1. The van der Waals surface area contributed by atoms with Crippen LogP contribution >= 0.6 is 0 Å². The van der Waals surface area contributed by atoms with Gasteiger partial charge in [-0.25, -0.2) is 4.98 Å². The van der Waals surface area contributed by atoms with E-state index in [1.807, 2.05) is 6.20 Å². The molecule has 1 aliphatic carbocycles. The van der Waals surface area contributed by atoms with Crippen LogP contribution in [-0.2, 0) is 25.8 Å². The number of nitrogens with one attached hydrogen (secondary N) is 1. The molecule has 2 aromatic rings. The Labute approximate surface area is 126 Å². The first-order valence-electron chi connectivity index (χ1n) is 8.18. The molecule has 1 aromatic heterocycles. The number of benzene rings is 1. The lowest BCUT2D eigenvalue weighted by atomic mass is 9.88. The number of aromatic nitrogens is 2. The summed E-state index contributed by atoms with van der Waals surface area (Å²) in [6, 6.07) is 9.57. The quantitative estimate of drug-likeness (QED) is 0.937. The normalized spacial score (nSPS) is 24.4. The lowest BCUT2D eigenvalue weighted by molar-refractivity contribution is 0.322. The molecule has 0 fully saturated rings. The topological polar surface area (TPSA) is 29.9 Å². The van der Waals surface area contributed by atoms with Gasteiger partial charge in [0.2, 0.25) is 0 Å². The van der Waals surface area contributed by atoms with Gasteiger partial charge >= 0.3 is 0 Å². The molecular formula is C18H23N3. The minimum absolute atomic E-state index is 0.657. The molecule has 21 heavy (non-hydrogen) atoms. The fourth-order valence-electron chi connectivity index (χ4n) is 3.81. The first-order chi connectivity index (χ1) is 10.4. The van der Waals surface area contributed by atoms with Crippen molar-refractivity contribution in [3.8, 4) is 0 Å². The monoisotopic (exact) mass is 281 g/mol. The molecule has 1 aromatic carbocycles. The molecule has 0 unspecified atom stereocenters. The van der Waals surface area contributed by atoms with Gasteiger partial charge in [0, 0.05) is 31.4 Å². The van der Waals surface area contributed by atoms with Crippen LogP contribution in [0, 0.1) is 5.92 Å². The van der Waals surface area contributed by atoms with Gasteiger partial charge in [-0.2, -0.15) is 0 Å². The predicted octanol–water partition coefficient (Wildman–Crippen LogP) is 2.59. The molecule has 0 saturated heterocycles. The lowest BCUT2D eigenvalue weighted by Crippen LogP contribution is -2.39. The van der Waals surface area contributed by atoms with Crippen LogP contribution in [-0.4, -0.2) is 22.1 Å². The molecule has 110 valence electrons. The van der Waals surface area contributed by atoms with Gasteiger partial charge in [-0.15, -0.1) is 0 Å². The molecule has 4 rings (SSSR count). The molecular weight excluding hydrogens is 258 g/mol. The van der Waals surface area contributed by atoms with E-state index in [-0.39, 0.29) is 0 Å². The Morgan fingerprint density at radius 3 is 3.00 bits per heavy atom. The third kappa shape index (κ3) is 2.75. The van der Waals surface area contributed by atoms with E-state index in [0.29, 0.717) is 6.04 Å². The zero-order valence-electron chi connectivity index (χ0n) is 12.5. The van der Waals surface area contributed by atoms with Crippen LogP contribution in [0.25, 0.3) is 0 Å². The molecule has 3 nitrogen and oxygen atoms in total. The average Bonchev–Trinajstić information content (AvgIpc) is 3.00. The van der Waals surface area contributed by atoms with Crippen LogP contribution in [0.5, 0.6) is 0 Å². The van der Waals surface area contributed by atoms with E-state index >= 15 is 0 Å². The van der Waals surface area contributed by atoms with Crippen molar-refractivity contribution in [2.75, 3.05) is 6.54 Å². The Bertz CT molecular complexity index is 616. The number of nitrogens with zero attached hydrogens (tertiary/aromatic N) is 2. The van der Waals surface area contributed by atoms with Gasteiger partial charge in [0.05, 0.1) is 0 Å². The molecule has 0 saturated carbocycles. The Balaban J connectivity index is 1.32. The molecule has 0 radical (unpaired) electrons. The summed E-state index contributed by atoms with van der Waals surface area (Å²) >= 11 is 0. The van der Waals surface area contributed by atoms with E-state index in [2.05, 4.69) is 45.3 Å². The summed E-state index contributed by atoms with van der Waals surface area (Å²) in [4.78, 5) is 4.41. The summed E-state index contributed by atoms with van der Waals surface area (Å²) in [5, 5.41) is 3.82. The van der Waals surface area contributed by atoms with E-state index in [1.54, 1.807) is 11.1 Å². The van der Waals surface area contributed by atoms with Crippen molar-refractivity contribution in [1.29, 1.82) is 0 Å². The summed E-state index contributed by atoms with van der Waals surface area (Å²) in [5.41, 5.74) is 3.10. The maximum Gasteiger partial charge on any atom is 0.108 e. The van der Waals surface area contributed by atoms with Gasteiger partial charge in [0.1, 0.15) is 5.82 Å². The van der Waals surface area contributed by atoms with Gasteiger partial charge in [-0.1, -0.05) is 24.3 Å². The highest BCUT2D eigenvalue weighted by atomic mass is 15.1. The van der Waals surface area contributed by atoms with E-state index in [0.717, 1.165) is 25.4 Å². The first-order valence-corrected chi connectivity index (χ1v) is 8.18. The number of aryl methyl sites for hydroxylation is 2. The minimum atomic E-state index is 0.657. The second-order valence-corrected chi connectivity index (χ2v) is 6.52. The zero-order valence-corrected chi connectivity index (χ0v) is 12.5. The fraction of sp³-hybridized carbons (Fsp3) is 0.500. The SMILES string of the molecule is c1ccc2c(c1)CC[C@@H](NC[C@@H]1CCc3nccn3C1)C2. The predicted molar refractivity (Wildman–Crippen MR) is 84.3 cm³/mol. The van der Waals surface area contributed by atoms with Crippen LogP contribution < -0.4 is 5.32 Å². The van der Waals surface area contributed by atoms with E-state index in [1.165, 1.54) is 31.5 Å². The Morgan fingerprint density at radius 2 is 2.05 bits per heavy atom. The molecule has 1 aliphatic heterocycles. The van der Waals surface area contributed by atoms with Crippen LogP contribution in [0.3, 0.4) is 0 Å². The van der Waals surface area contributed by atoms with Crippen molar-refractivity contribution in [3.63, 3.8) is 0 Å². The molecule has 2 atom stereocenters. The largest absolute Gasteiger partial charge is 0.335 e. The van der Waals surface area contributed by atoms with Gasteiger partial charge < -0.3 is 9.88 Å². The number of hydrogen-bond acceptors (Lipinski definition) is 2. The molecule has 0 amide bonds. The van der Waals surface area contributed by atoms with Gasteiger partial charge in [-0.05, 0) is 49.3 Å². The van der Waals surface area contributed by atoms with Crippen LogP contribution in [0.1, 0.15) is 29.8 Å².